The molecule has 0 radical (unpaired) electrons. The number of ether oxygens (including phenoxy) is 1. The van der Waals surface area contributed by atoms with Crippen molar-refractivity contribution >= 4 is 34.9 Å². The minimum atomic E-state index is 0. The number of aromatic nitrogens is 3. The van der Waals surface area contributed by atoms with Crippen molar-refractivity contribution in [1.29, 1.82) is 0 Å². The van der Waals surface area contributed by atoms with Gasteiger partial charge in [0.15, 0.2) is 0 Å². The van der Waals surface area contributed by atoms with E-state index in [1.807, 2.05) is 24.4 Å². The molecule has 0 saturated carbocycles. The van der Waals surface area contributed by atoms with E-state index >= 15 is 0 Å². The lowest BCUT2D eigenvalue weighted by Gasteiger charge is -2.24. The van der Waals surface area contributed by atoms with Gasteiger partial charge in [0, 0.05) is 24.0 Å². The van der Waals surface area contributed by atoms with E-state index in [1.54, 1.807) is 18.5 Å². The topological polar surface area (TPSA) is 72.0 Å². The van der Waals surface area contributed by atoms with Gasteiger partial charge in [-0.2, -0.15) is 0 Å². The highest BCUT2D eigenvalue weighted by Gasteiger charge is 2.14. The van der Waals surface area contributed by atoms with Gasteiger partial charge in [0.05, 0.1) is 0 Å². The summed E-state index contributed by atoms with van der Waals surface area (Å²) in [7, 11) is 0. The minimum absolute atomic E-state index is 0. The standard InChI is InChI=1S/C18H19N5O.ClH/c1-6-20-18(21-7-1)23-17-11-14-10-16(3-2-13(14)12-22-17)24-15-4-8-19-9-5-15;/h1-3,6-7,10-12,15,19H,4-5,8-9H2,(H,20,21,22,23);1H. The van der Waals surface area contributed by atoms with Crippen LogP contribution in [0.5, 0.6) is 5.75 Å². The number of anilines is 2. The Kier molecular flexibility index (Phi) is 5.63. The molecular weight excluding hydrogens is 338 g/mol. The van der Waals surface area contributed by atoms with Crippen LogP contribution in [-0.4, -0.2) is 34.1 Å². The molecule has 3 aromatic rings. The summed E-state index contributed by atoms with van der Waals surface area (Å²) in [6, 6.07) is 9.89. The Hall–Kier alpha value is -2.44. The van der Waals surface area contributed by atoms with Gasteiger partial charge in [-0.3, -0.25) is 0 Å². The Bertz CT molecular complexity index is 824. The Morgan fingerprint density at radius 3 is 2.60 bits per heavy atom. The summed E-state index contributed by atoms with van der Waals surface area (Å²) >= 11 is 0. The fourth-order valence-electron chi connectivity index (χ4n) is 2.84. The summed E-state index contributed by atoms with van der Waals surface area (Å²) in [5.74, 6) is 2.15. The van der Waals surface area contributed by atoms with Gasteiger partial charge in [0.2, 0.25) is 5.95 Å². The van der Waals surface area contributed by atoms with Crippen LogP contribution >= 0.6 is 12.4 Å². The molecule has 7 heteroatoms. The smallest absolute Gasteiger partial charge is 0.228 e. The lowest BCUT2D eigenvalue weighted by Crippen LogP contribution is -2.34. The molecule has 1 saturated heterocycles. The van der Waals surface area contributed by atoms with E-state index in [0.717, 1.165) is 42.5 Å². The third-order valence-electron chi connectivity index (χ3n) is 4.09. The lowest BCUT2D eigenvalue weighted by molar-refractivity contribution is 0.162. The van der Waals surface area contributed by atoms with Gasteiger partial charge in [-0.05, 0) is 61.6 Å². The average Bonchev–Trinajstić information content (AvgIpc) is 2.63. The Morgan fingerprint density at radius 2 is 1.80 bits per heavy atom. The van der Waals surface area contributed by atoms with E-state index < -0.39 is 0 Å². The van der Waals surface area contributed by atoms with Gasteiger partial charge in [-0.25, -0.2) is 15.0 Å². The molecule has 3 heterocycles. The molecule has 1 fully saturated rings. The number of benzene rings is 1. The van der Waals surface area contributed by atoms with E-state index in [9.17, 15) is 0 Å². The van der Waals surface area contributed by atoms with E-state index in [4.69, 9.17) is 4.74 Å². The number of piperidine rings is 1. The van der Waals surface area contributed by atoms with Crippen molar-refractivity contribution in [2.75, 3.05) is 18.4 Å². The molecule has 4 rings (SSSR count). The molecule has 0 aliphatic carbocycles. The number of fused-ring (bicyclic) bond motifs is 1. The SMILES string of the molecule is Cl.c1cnc(Nc2cc3cc(OC4CCNCC4)ccc3cn2)nc1. The number of hydrogen-bond acceptors (Lipinski definition) is 6. The molecule has 130 valence electrons. The monoisotopic (exact) mass is 357 g/mol. The molecular formula is C18H20ClN5O. The summed E-state index contributed by atoms with van der Waals surface area (Å²) in [6.45, 7) is 2.04. The zero-order valence-electron chi connectivity index (χ0n) is 13.7. The van der Waals surface area contributed by atoms with Crippen LogP contribution < -0.4 is 15.4 Å². The van der Waals surface area contributed by atoms with Crippen molar-refractivity contribution in [1.82, 2.24) is 20.3 Å². The summed E-state index contributed by atoms with van der Waals surface area (Å²) in [4.78, 5) is 12.7. The summed E-state index contributed by atoms with van der Waals surface area (Å²) in [6.07, 6.45) is 7.62. The number of rotatable bonds is 4. The van der Waals surface area contributed by atoms with Gasteiger partial charge in [0.1, 0.15) is 17.7 Å². The molecule has 1 aliphatic heterocycles. The quantitative estimate of drug-likeness (QED) is 0.746. The normalized spacial score (nSPS) is 14.7. The van der Waals surface area contributed by atoms with Crippen molar-refractivity contribution in [2.45, 2.75) is 18.9 Å². The fourth-order valence-corrected chi connectivity index (χ4v) is 2.84. The Balaban J connectivity index is 0.00000182. The van der Waals surface area contributed by atoms with Crippen LogP contribution in [0.25, 0.3) is 10.8 Å². The highest BCUT2D eigenvalue weighted by atomic mass is 35.5. The first kappa shape index (κ1) is 17.4. The second kappa shape index (κ2) is 8.09. The minimum Gasteiger partial charge on any atom is -0.490 e. The molecule has 2 aromatic heterocycles. The first-order valence-electron chi connectivity index (χ1n) is 8.18. The number of nitrogens with one attached hydrogen (secondary N) is 2. The summed E-state index contributed by atoms with van der Waals surface area (Å²) in [5, 5.41) is 8.62. The van der Waals surface area contributed by atoms with Gasteiger partial charge in [-0.15, -0.1) is 12.4 Å². The molecule has 6 nitrogen and oxygen atoms in total. The maximum absolute atomic E-state index is 6.12. The number of pyridine rings is 1. The maximum Gasteiger partial charge on any atom is 0.228 e. The summed E-state index contributed by atoms with van der Waals surface area (Å²) < 4.78 is 6.12. The van der Waals surface area contributed by atoms with Gasteiger partial charge in [0.25, 0.3) is 0 Å². The predicted octanol–water partition coefficient (Wildman–Crippen LogP) is 3.32. The van der Waals surface area contributed by atoms with Crippen LogP contribution in [0.3, 0.4) is 0 Å². The van der Waals surface area contributed by atoms with Crippen LogP contribution in [0.4, 0.5) is 11.8 Å². The van der Waals surface area contributed by atoms with Gasteiger partial charge >= 0.3 is 0 Å². The molecule has 1 aliphatic rings. The number of hydrogen-bond donors (Lipinski definition) is 2. The first-order valence-corrected chi connectivity index (χ1v) is 8.18. The Labute approximate surface area is 152 Å². The molecule has 0 atom stereocenters. The second-order valence-corrected chi connectivity index (χ2v) is 5.84. The average molecular weight is 358 g/mol. The molecule has 2 N–H and O–H groups in total. The predicted molar refractivity (Wildman–Crippen MR) is 101 cm³/mol. The summed E-state index contributed by atoms with van der Waals surface area (Å²) in [5.41, 5.74) is 0. The second-order valence-electron chi connectivity index (χ2n) is 5.84. The lowest BCUT2D eigenvalue weighted by atomic mass is 10.1. The van der Waals surface area contributed by atoms with Crippen molar-refractivity contribution in [3.63, 3.8) is 0 Å². The van der Waals surface area contributed by atoms with Crippen molar-refractivity contribution in [3.8, 4) is 5.75 Å². The molecule has 0 amide bonds. The maximum atomic E-state index is 6.12. The highest BCUT2D eigenvalue weighted by Crippen LogP contribution is 2.25. The van der Waals surface area contributed by atoms with E-state index in [0.29, 0.717) is 17.9 Å². The largest absolute Gasteiger partial charge is 0.490 e. The van der Waals surface area contributed by atoms with Crippen molar-refractivity contribution < 1.29 is 4.74 Å². The van der Waals surface area contributed by atoms with Crippen LogP contribution in [0.2, 0.25) is 0 Å². The zero-order valence-corrected chi connectivity index (χ0v) is 14.5. The van der Waals surface area contributed by atoms with Crippen LogP contribution in [-0.2, 0) is 0 Å². The molecule has 0 unspecified atom stereocenters. The van der Waals surface area contributed by atoms with Crippen LogP contribution in [0, 0.1) is 0 Å². The highest BCUT2D eigenvalue weighted by molar-refractivity contribution is 5.86. The van der Waals surface area contributed by atoms with Crippen molar-refractivity contribution in [3.05, 3.63) is 48.9 Å². The van der Waals surface area contributed by atoms with Crippen LogP contribution in [0.15, 0.2) is 48.9 Å². The zero-order chi connectivity index (χ0) is 16.2. The van der Waals surface area contributed by atoms with Crippen LogP contribution in [0.1, 0.15) is 12.8 Å². The number of nitrogens with zero attached hydrogens (tertiary/aromatic N) is 3. The van der Waals surface area contributed by atoms with Gasteiger partial charge in [-0.1, -0.05) is 0 Å². The fraction of sp³-hybridized carbons (Fsp3) is 0.278. The molecule has 0 spiro atoms. The Morgan fingerprint density at radius 1 is 1.00 bits per heavy atom. The molecule has 0 bridgehead atoms. The first-order chi connectivity index (χ1) is 11.9. The van der Waals surface area contributed by atoms with Crippen molar-refractivity contribution in [2.24, 2.45) is 0 Å². The third kappa shape index (κ3) is 4.35. The van der Waals surface area contributed by atoms with Gasteiger partial charge < -0.3 is 15.4 Å². The van der Waals surface area contributed by atoms with E-state index in [1.165, 1.54) is 0 Å². The van der Waals surface area contributed by atoms with E-state index in [-0.39, 0.29) is 12.4 Å². The van der Waals surface area contributed by atoms with E-state index in [2.05, 4.69) is 31.7 Å². The molecule has 25 heavy (non-hydrogen) atoms. The third-order valence-corrected chi connectivity index (χ3v) is 4.09. The molecule has 1 aromatic carbocycles. The number of halogens is 1.